The number of nitrogens with one attached hydrogen (secondary N) is 1. The molecular formula is C25H26N6O3S. The third kappa shape index (κ3) is 5.42. The highest BCUT2D eigenvalue weighted by molar-refractivity contribution is 7.89. The van der Waals surface area contributed by atoms with Crippen LogP contribution < -0.4 is 15.4 Å². The normalized spacial score (nSPS) is 14.4. The van der Waals surface area contributed by atoms with Gasteiger partial charge >= 0.3 is 0 Å². The predicted molar refractivity (Wildman–Crippen MR) is 134 cm³/mol. The zero-order chi connectivity index (χ0) is 25.0. The van der Waals surface area contributed by atoms with Gasteiger partial charge in [0.25, 0.3) is 5.91 Å². The molecular weight excluding hydrogens is 464 g/mol. The topological polar surface area (TPSA) is 134 Å². The van der Waals surface area contributed by atoms with Gasteiger partial charge in [0.2, 0.25) is 10.0 Å². The number of para-hydroxylation sites is 1. The first-order valence-corrected chi connectivity index (χ1v) is 12.8. The number of nitrogens with two attached hydrogens (primary N) is 1. The highest BCUT2D eigenvalue weighted by Gasteiger charge is 2.24. The number of carbonyl (C=O) groups excluding carboxylic acids is 1. The second-order valence-electron chi connectivity index (χ2n) is 8.31. The summed E-state index contributed by atoms with van der Waals surface area (Å²) >= 11 is 0. The molecule has 2 heterocycles. The van der Waals surface area contributed by atoms with E-state index in [1.54, 1.807) is 6.08 Å². The van der Waals surface area contributed by atoms with Crippen molar-refractivity contribution in [3.8, 4) is 11.8 Å². The van der Waals surface area contributed by atoms with Gasteiger partial charge in [-0.3, -0.25) is 4.79 Å². The molecule has 3 N–H and O–H groups in total. The number of nitriles is 1. The van der Waals surface area contributed by atoms with Crippen LogP contribution in [0.25, 0.3) is 11.8 Å². The number of sulfonamides is 1. The molecule has 9 nitrogen and oxygen atoms in total. The SMILES string of the molecule is Cc1nn(-c2ccccc2)c(N2CCCCC2)c1/C=C(\C#N)C(=O)Nc1ccc(S(N)(=O)=O)cc1. The van der Waals surface area contributed by atoms with Crippen molar-refractivity contribution in [1.29, 1.82) is 5.26 Å². The Hall–Kier alpha value is -3.94. The largest absolute Gasteiger partial charge is 0.356 e. The Labute approximate surface area is 204 Å². The Balaban J connectivity index is 1.70. The summed E-state index contributed by atoms with van der Waals surface area (Å²) in [5.41, 5.74) is 2.57. The second kappa shape index (κ2) is 10.1. The number of hydrogen-bond acceptors (Lipinski definition) is 6. The minimum Gasteiger partial charge on any atom is -0.356 e. The molecule has 0 saturated carbocycles. The van der Waals surface area contributed by atoms with Gasteiger partial charge in [-0.2, -0.15) is 10.4 Å². The number of aromatic nitrogens is 2. The lowest BCUT2D eigenvalue weighted by Crippen LogP contribution is -2.31. The number of hydrogen-bond donors (Lipinski definition) is 2. The maximum Gasteiger partial charge on any atom is 0.266 e. The summed E-state index contributed by atoms with van der Waals surface area (Å²) in [7, 11) is -3.84. The summed E-state index contributed by atoms with van der Waals surface area (Å²) < 4.78 is 24.8. The van der Waals surface area contributed by atoms with E-state index in [0.29, 0.717) is 16.9 Å². The van der Waals surface area contributed by atoms with Crippen molar-refractivity contribution in [3.63, 3.8) is 0 Å². The number of carbonyl (C=O) groups is 1. The van der Waals surface area contributed by atoms with Gasteiger partial charge in [-0.1, -0.05) is 18.2 Å². The van der Waals surface area contributed by atoms with Gasteiger partial charge in [-0.15, -0.1) is 0 Å². The number of amides is 1. The van der Waals surface area contributed by atoms with Crippen LogP contribution in [-0.2, 0) is 14.8 Å². The first-order valence-electron chi connectivity index (χ1n) is 11.2. The van der Waals surface area contributed by atoms with Crippen LogP contribution in [0.15, 0.2) is 65.1 Å². The van der Waals surface area contributed by atoms with Gasteiger partial charge in [-0.25, -0.2) is 18.2 Å². The minimum atomic E-state index is -3.84. The molecule has 10 heteroatoms. The van der Waals surface area contributed by atoms with Gasteiger partial charge in [-0.05, 0) is 68.7 Å². The van der Waals surface area contributed by atoms with E-state index in [-0.39, 0.29) is 10.5 Å². The fourth-order valence-electron chi connectivity index (χ4n) is 4.07. The summed E-state index contributed by atoms with van der Waals surface area (Å²) in [6.45, 7) is 3.59. The Morgan fingerprint density at radius 1 is 1.09 bits per heavy atom. The van der Waals surface area contributed by atoms with Crippen LogP contribution in [-0.4, -0.2) is 37.2 Å². The average molecular weight is 491 g/mol. The van der Waals surface area contributed by atoms with Crippen molar-refractivity contribution in [1.82, 2.24) is 9.78 Å². The molecule has 0 atom stereocenters. The Bertz CT molecular complexity index is 1400. The third-order valence-electron chi connectivity index (χ3n) is 5.83. The van der Waals surface area contributed by atoms with E-state index >= 15 is 0 Å². The molecule has 0 spiro atoms. The molecule has 1 fully saturated rings. The van der Waals surface area contributed by atoms with Gasteiger partial charge in [0.05, 0.1) is 16.3 Å². The number of anilines is 2. The van der Waals surface area contributed by atoms with E-state index in [1.165, 1.54) is 24.3 Å². The Kier molecular flexibility index (Phi) is 7.00. The van der Waals surface area contributed by atoms with Crippen molar-refractivity contribution >= 4 is 33.5 Å². The van der Waals surface area contributed by atoms with Crippen LogP contribution in [0.2, 0.25) is 0 Å². The highest BCUT2D eigenvalue weighted by Crippen LogP contribution is 2.31. The standard InChI is InChI=1S/C25H26N6O3S/c1-18-23(16-19(17-26)24(32)28-20-10-12-22(13-11-20)35(27,33)34)25(30-14-6-3-7-15-30)31(29-18)21-8-4-2-5-9-21/h2,4-5,8-13,16H,3,6-7,14-15H2,1H3,(H,28,32)(H2,27,33,34)/b19-16+. The maximum atomic E-state index is 12.9. The van der Waals surface area contributed by atoms with Crippen LogP contribution in [0, 0.1) is 18.3 Å². The molecule has 4 rings (SSSR count). The summed E-state index contributed by atoms with van der Waals surface area (Å²) in [5.74, 6) is 0.249. The van der Waals surface area contributed by atoms with Gasteiger partial charge in [0.1, 0.15) is 17.5 Å². The molecule has 35 heavy (non-hydrogen) atoms. The van der Waals surface area contributed by atoms with Crippen molar-refractivity contribution < 1.29 is 13.2 Å². The molecule has 1 aliphatic rings. The van der Waals surface area contributed by atoms with Crippen LogP contribution in [0.1, 0.15) is 30.5 Å². The monoisotopic (exact) mass is 490 g/mol. The Morgan fingerprint density at radius 2 is 1.74 bits per heavy atom. The third-order valence-corrected chi connectivity index (χ3v) is 6.76. The summed E-state index contributed by atoms with van der Waals surface area (Å²) in [5, 5.41) is 22.3. The first-order chi connectivity index (χ1) is 16.8. The van der Waals surface area contributed by atoms with Crippen molar-refractivity contribution in [2.45, 2.75) is 31.1 Å². The van der Waals surface area contributed by atoms with Crippen LogP contribution in [0.4, 0.5) is 11.5 Å². The molecule has 1 aliphatic heterocycles. The number of piperidine rings is 1. The number of aryl methyl sites for hydroxylation is 1. The second-order valence-corrected chi connectivity index (χ2v) is 9.87. The summed E-state index contributed by atoms with van der Waals surface area (Å²) in [4.78, 5) is 15.1. The van der Waals surface area contributed by atoms with Crippen LogP contribution in [0.3, 0.4) is 0 Å². The summed E-state index contributed by atoms with van der Waals surface area (Å²) in [6, 6.07) is 17.2. The predicted octanol–water partition coefficient (Wildman–Crippen LogP) is 3.36. The molecule has 1 aromatic heterocycles. The quantitative estimate of drug-likeness (QED) is 0.402. The van der Waals surface area contributed by atoms with Crippen LogP contribution in [0.5, 0.6) is 0 Å². The molecule has 180 valence electrons. The molecule has 0 radical (unpaired) electrons. The zero-order valence-electron chi connectivity index (χ0n) is 19.3. The van der Waals surface area contributed by atoms with Crippen molar-refractivity contribution in [3.05, 3.63) is 71.4 Å². The first kappa shape index (κ1) is 24.2. The van der Waals surface area contributed by atoms with Gasteiger partial charge < -0.3 is 10.2 Å². The minimum absolute atomic E-state index is 0.0679. The van der Waals surface area contributed by atoms with E-state index < -0.39 is 15.9 Å². The molecule has 0 bridgehead atoms. The van der Waals surface area contributed by atoms with Crippen molar-refractivity contribution in [2.75, 3.05) is 23.3 Å². The van der Waals surface area contributed by atoms with E-state index in [9.17, 15) is 18.5 Å². The molecule has 0 aliphatic carbocycles. The Morgan fingerprint density at radius 3 is 2.34 bits per heavy atom. The van der Waals surface area contributed by atoms with E-state index in [4.69, 9.17) is 10.2 Å². The fourth-order valence-corrected chi connectivity index (χ4v) is 4.59. The number of rotatable bonds is 6. The smallest absolute Gasteiger partial charge is 0.266 e. The van der Waals surface area contributed by atoms with Gasteiger partial charge in [0.15, 0.2) is 0 Å². The number of benzene rings is 2. The maximum absolute atomic E-state index is 12.9. The van der Waals surface area contributed by atoms with E-state index in [2.05, 4.69) is 10.2 Å². The van der Waals surface area contributed by atoms with Crippen molar-refractivity contribution in [2.24, 2.45) is 5.14 Å². The van der Waals surface area contributed by atoms with E-state index in [0.717, 1.165) is 43.9 Å². The fraction of sp³-hybridized carbons (Fsp3) is 0.240. The number of nitrogens with zero attached hydrogens (tertiary/aromatic N) is 4. The highest BCUT2D eigenvalue weighted by atomic mass is 32.2. The zero-order valence-corrected chi connectivity index (χ0v) is 20.1. The van der Waals surface area contributed by atoms with E-state index in [1.807, 2.05) is 48.0 Å². The average Bonchev–Trinajstić information content (AvgIpc) is 3.19. The lowest BCUT2D eigenvalue weighted by Gasteiger charge is -2.29. The molecule has 1 saturated heterocycles. The lowest BCUT2D eigenvalue weighted by atomic mass is 10.1. The lowest BCUT2D eigenvalue weighted by molar-refractivity contribution is -0.112. The number of primary sulfonamides is 1. The van der Waals surface area contributed by atoms with Gasteiger partial charge in [0, 0.05) is 24.3 Å². The molecule has 0 unspecified atom stereocenters. The van der Waals surface area contributed by atoms with Crippen LogP contribution >= 0.6 is 0 Å². The molecule has 1 amide bonds. The molecule has 2 aromatic carbocycles. The molecule has 3 aromatic rings. The summed E-state index contributed by atoms with van der Waals surface area (Å²) in [6.07, 6.45) is 4.85.